The Kier molecular flexibility index (Phi) is 10.2. The lowest BCUT2D eigenvalue weighted by molar-refractivity contribution is 0.151. The van der Waals surface area contributed by atoms with Crippen molar-refractivity contribution in [2.75, 3.05) is 13.1 Å². The third-order valence-electron chi connectivity index (χ3n) is 7.12. The monoisotopic (exact) mass is 450 g/mol. The molecule has 0 heterocycles. The fourth-order valence-electron chi connectivity index (χ4n) is 6.39. The standard InChI is InChI=1S/C26H50N4O2/c1-19-13-21(17-25(3,4)15-19)29-23(31)27-11-9-7-8-10-12-28-24(32)30-22-14-20(2)16-26(5,6)18-22/h19-22H,7-18H2,1-6H3,(H2,27,29,31)(H2,28,30,32)/t19-,20-,21-,22-/m1/s1. The van der Waals surface area contributed by atoms with E-state index < -0.39 is 0 Å². The molecule has 2 aliphatic carbocycles. The number of carbonyl (C=O) groups is 2. The normalized spacial score (nSPS) is 29.1. The minimum absolute atomic E-state index is 0.0292. The van der Waals surface area contributed by atoms with Crippen LogP contribution in [0, 0.1) is 22.7 Å². The van der Waals surface area contributed by atoms with Crippen LogP contribution in [0.2, 0.25) is 0 Å². The highest BCUT2D eigenvalue weighted by Crippen LogP contribution is 2.39. The van der Waals surface area contributed by atoms with Gasteiger partial charge in [0.05, 0.1) is 0 Å². The number of nitrogens with one attached hydrogen (secondary N) is 4. The molecule has 4 N–H and O–H groups in total. The SMILES string of the molecule is C[C@@H]1C[C@@H](NC(=O)NCCCCCCNC(=O)N[C@@H]2C[C@@H](C)CC(C)(C)C2)CC(C)(C)C1. The second kappa shape index (κ2) is 12.1. The molecule has 0 aromatic heterocycles. The van der Waals surface area contributed by atoms with Gasteiger partial charge in [0.25, 0.3) is 0 Å². The zero-order valence-electron chi connectivity index (χ0n) is 21.6. The summed E-state index contributed by atoms with van der Waals surface area (Å²) < 4.78 is 0. The van der Waals surface area contributed by atoms with Crippen LogP contribution < -0.4 is 21.3 Å². The van der Waals surface area contributed by atoms with Crippen molar-refractivity contribution in [2.45, 2.75) is 118 Å². The van der Waals surface area contributed by atoms with E-state index in [-0.39, 0.29) is 24.1 Å². The quantitative estimate of drug-likeness (QED) is 0.346. The summed E-state index contributed by atoms with van der Waals surface area (Å²) in [5.41, 5.74) is 0.623. The van der Waals surface area contributed by atoms with E-state index in [2.05, 4.69) is 62.8 Å². The van der Waals surface area contributed by atoms with Crippen LogP contribution in [-0.2, 0) is 0 Å². The first-order valence-electron chi connectivity index (χ1n) is 13.0. The van der Waals surface area contributed by atoms with E-state index in [9.17, 15) is 9.59 Å². The van der Waals surface area contributed by atoms with Crippen molar-refractivity contribution in [1.82, 2.24) is 21.3 Å². The summed E-state index contributed by atoms with van der Waals surface area (Å²) in [6.45, 7) is 15.2. The van der Waals surface area contributed by atoms with Crippen LogP contribution in [0.25, 0.3) is 0 Å². The first-order valence-corrected chi connectivity index (χ1v) is 13.0. The maximum atomic E-state index is 12.2. The van der Waals surface area contributed by atoms with Gasteiger partial charge in [-0.25, -0.2) is 9.59 Å². The number of rotatable bonds is 9. The van der Waals surface area contributed by atoms with Crippen molar-refractivity contribution < 1.29 is 9.59 Å². The molecule has 2 rings (SSSR count). The van der Waals surface area contributed by atoms with Gasteiger partial charge in [0.2, 0.25) is 0 Å². The van der Waals surface area contributed by atoms with Gasteiger partial charge in [-0.15, -0.1) is 0 Å². The molecule has 2 saturated carbocycles. The molecule has 0 bridgehead atoms. The molecule has 0 aliphatic heterocycles. The predicted octanol–water partition coefficient (Wildman–Crippen LogP) is 5.57. The van der Waals surface area contributed by atoms with Crippen molar-refractivity contribution in [2.24, 2.45) is 22.7 Å². The molecule has 186 valence electrons. The van der Waals surface area contributed by atoms with Crippen LogP contribution >= 0.6 is 0 Å². The molecule has 0 radical (unpaired) electrons. The van der Waals surface area contributed by atoms with E-state index in [1.165, 1.54) is 12.8 Å². The Balaban J connectivity index is 1.46. The van der Waals surface area contributed by atoms with Gasteiger partial charge in [-0.05, 0) is 74.0 Å². The molecule has 0 aromatic carbocycles. The number of carbonyl (C=O) groups excluding carboxylic acids is 2. The van der Waals surface area contributed by atoms with Gasteiger partial charge < -0.3 is 21.3 Å². The average molecular weight is 451 g/mol. The first kappa shape index (κ1) is 26.8. The summed E-state index contributed by atoms with van der Waals surface area (Å²) in [6, 6.07) is 0.514. The number of hydrogen-bond donors (Lipinski definition) is 4. The molecular formula is C26H50N4O2. The maximum Gasteiger partial charge on any atom is 0.315 e. The Morgan fingerprint density at radius 1 is 0.656 bits per heavy atom. The molecule has 0 unspecified atom stereocenters. The molecule has 32 heavy (non-hydrogen) atoms. The molecule has 0 aromatic rings. The highest BCUT2D eigenvalue weighted by Gasteiger charge is 2.33. The van der Waals surface area contributed by atoms with Crippen molar-refractivity contribution in [3.63, 3.8) is 0 Å². The summed E-state index contributed by atoms with van der Waals surface area (Å²) in [5, 5.41) is 12.3. The molecule has 6 heteroatoms. The van der Waals surface area contributed by atoms with Crippen molar-refractivity contribution in [3.05, 3.63) is 0 Å². The Labute approximate surface area is 196 Å². The topological polar surface area (TPSA) is 82.3 Å². The van der Waals surface area contributed by atoms with Gasteiger partial charge >= 0.3 is 12.1 Å². The largest absolute Gasteiger partial charge is 0.338 e. The fourth-order valence-corrected chi connectivity index (χ4v) is 6.39. The van der Waals surface area contributed by atoms with Crippen LogP contribution in [0.1, 0.15) is 106 Å². The van der Waals surface area contributed by atoms with Gasteiger partial charge in [0, 0.05) is 25.2 Å². The lowest BCUT2D eigenvalue weighted by atomic mass is 9.70. The van der Waals surface area contributed by atoms with E-state index in [0.29, 0.717) is 35.8 Å². The third-order valence-corrected chi connectivity index (χ3v) is 7.12. The Morgan fingerprint density at radius 3 is 1.38 bits per heavy atom. The maximum absolute atomic E-state index is 12.2. The summed E-state index contributed by atoms with van der Waals surface area (Å²) in [7, 11) is 0. The average Bonchev–Trinajstić information content (AvgIpc) is 2.60. The van der Waals surface area contributed by atoms with Crippen molar-refractivity contribution in [3.8, 4) is 0 Å². The van der Waals surface area contributed by atoms with Crippen LogP contribution in [0.5, 0.6) is 0 Å². The molecule has 4 atom stereocenters. The highest BCUT2D eigenvalue weighted by molar-refractivity contribution is 5.74. The van der Waals surface area contributed by atoms with Crippen LogP contribution in [0.15, 0.2) is 0 Å². The Hall–Kier alpha value is -1.46. The van der Waals surface area contributed by atoms with Crippen LogP contribution in [0.3, 0.4) is 0 Å². The highest BCUT2D eigenvalue weighted by atomic mass is 16.2. The number of unbranched alkanes of at least 4 members (excludes halogenated alkanes) is 3. The molecule has 0 saturated heterocycles. The van der Waals surface area contributed by atoms with Gasteiger partial charge in [-0.1, -0.05) is 54.4 Å². The van der Waals surface area contributed by atoms with Gasteiger partial charge in [-0.3, -0.25) is 0 Å². The van der Waals surface area contributed by atoms with E-state index in [1.54, 1.807) is 0 Å². The minimum Gasteiger partial charge on any atom is -0.338 e. The van der Waals surface area contributed by atoms with Gasteiger partial charge in [-0.2, -0.15) is 0 Å². The first-order chi connectivity index (χ1) is 14.9. The molecule has 4 amide bonds. The lowest BCUT2D eigenvalue weighted by Crippen LogP contribution is -2.47. The van der Waals surface area contributed by atoms with E-state index in [4.69, 9.17) is 0 Å². The van der Waals surface area contributed by atoms with Crippen LogP contribution in [0.4, 0.5) is 9.59 Å². The Bertz CT molecular complexity index is 553. The molecule has 6 nitrogen and oxygen atoms in total. The van der Waals surface area contributed by atoms with Crippen LogP contribution in [-0.4, -0.2) is 37.2 Å². The van der Waals surface area contributed by atoms with Gasteiger partial charge in [0.15, 0.2) is 0 Å². The number of hydrogen-bond acceptors (Lipinski definition) is 2. The summed E-state index contributed by atoms with van der Waals surface area (Å²) in [5.74, 6) is 1.33. The summed E-state index contributed by atoms with van der Waals surface area (Å²) in [6.07, 6.45) is 10.8. The van der Waals surface area contributed by atoms with E-state index in [1.807, 2.05) is 0 Å². The molecule has 2 fully saturated rings. The lowest BCUT2D eigenvalue weighted by Gasteiger charge is -2.39. The molecular weight excluding hydrogens is 400 g/mol. The smallest absolute Gasteiger partial charge is 0.315 e. The summed E-state index contributed by atoms with van der Waals surface area (Å²) in [4.78, 5) is 24.4. The molecule has 0 spiro atoms. The zero-order chi connectivity index (χ0) is 23.8. The minimum atomic E-state index is -0.0292. The fraction of sp³-hybridized carbons (Fsp3) is 0.923. The van der Waals surface area contributed by atoms with Crippen molar-refractivity contribution >= 4 is 12.1 Å². The van der Waals surface area contributed by atoms with E-state index in [0.717, 1.165) is 51.4 Å². The van der Waals surface area contributed by atoms with E-state index >= 15 is 0 Å². The van der Waals surface area contributed by atoms with Crippen molar-refractivity contribution in [1.29, 1.82) is 0 Å². The number of urea groups is 2. The Morgan fingerprint density at radius 2 is 1.03 bits per heavy atom. The summed E-state index contributed by atoms with van der Waals surface area (Å²) >= 11 is 0. The zero-order valence-corrected chi connectivity index (χ0v) is 21.6. The number of amides is 4. The predicted molar refractivity (Wildman–Crippen MR) is 133 cm³/mol. The van der Waals surface area contributed by atoms with Gasteiger partial charge in [0.1, 0.15) is 0 Å². The molecule has 2 aliphatic rings. The third kappa shape index (κ3) is 10.4. The second-order valence-electron chi connectivity index (χ2n) is 12.4. The second-order valence-corrected chi connectivity index (χ2v) is 12.4.